The number of nitrogens with two attached hydrogens (primary N) is 1. The Bertz CT molecular complexity index is 547. The zero-order chi connectivity index (χ0) is 13.2. The van der Waals surface area contributed by atoms with E-state index in [0.29, 0.717) is 0 Å². The Morgan fingerprint density at radius 1 is 1.56 bits per heavy atom. The zero-order valence-corrected chi connectivity index (χ0v) is 10.1. The maximum Gasteiger partial charge on any atom is 0.323 e. The third kappa shape index (κ3) is 2.57. The van der Waals surface area contributed by atoms with Crippen molar-refractivity contribution in [3.8, 4) is 11.4 Å². The molecule has 5 nitrogen and oxygen atoms in total. The Labute approximate surface area is 105 Å². The van der Waals surface area contributed by atoms with Gasteiger partial charge in [-0.15, -0.1) is 0 Å². The lowest BCUT2D eigenvalue weighted by atomic mass is 9.93. The molecule has 94 valence electrons. The average Bonchev–Trinajstić information content (AvgIpc) is 2.82. The number of nitrogens with one attached hydrogen (secondary N) is 1. The van der Waals surface area contributed by atoms with Crippen LogP contribution in [0.5, 0.6) is 0 Å². The number of aromatic nitrogens is 2. The number of hydrogen-bond donors (Lipinski definition) is 3. The molecule has 0 fully saturated rings. The van der Waals surface area contributed by atoms with E-state index in [2.05, 4.69) is 9.97 Å². The van der Waals surface area contributed by atoms with Crippen LogP contribution in [0.1, 0.15) is 12.5 Å². The minimum atomic E-state index is -1.26. The minimum Gasteiger partial charge on any atom is -0.480 e. The largest absolute Gasteiger partial charge is 0.480 e. The second-order valence-corrected chi connectivity index (χ2v) is 4.54. The van der Waals surface area contributed by atoms with Gasteiger partial charge in [-0.3, -0.25) is 4.79 Å². The van der Waals surface area contributed by atoms with Crippen LogP contribution in [0.25, 0.3) is 11.4 Å². The molecule has 4 N–H and O–H groups in total. The fourth-order valence-electron chi connectivity index (χ4n) is 1.75. The Morgan fingerprint density at radius 3 is 2.94 bits per heavy atom. The molecule has 0 aliphatic carbocycles. The molecule has 0 radical (unpaired) electrons. The highest BCUT2D eigenvalue weighted by Crippen LogP contribution is 2.19. The van der Waals surface area contributed by atoms with Crippen LogP contribution in [0.4, 0.5) is 0 Å². The van der Waals surface area contributed by atoms with Gasteiger partial charge in [0.15, 0.2) is 0 Å². The maximum absolute atomic E-state index is 11.0. The van der Waals surface area contributed by atoms with E-state index in [1.807, 2.05) is 24.3 Å². The molecular weight excluding hydrogens is 230 g/mol. The number of benzene rings is 1. The monoisotopic (exact) mass is 245 g/mol. The first kappa shape index (κ1) is 12.3. The Hall–Kier alpha value is -2.14. The van der Waals surface area contributed by atoms with E-state index in [1.54, 1.807) is 12.4 Å². The number of aromatic amines is 1. The standard InChI is InChI=1S/C13H15N3O2/c1-13(14,12(17)18)8-9-3-2-4-10(7-9)11-15-5-6-16-11/h2-7H,8,14H2,1H3,(H,15,16)(H,17,18)/t13-/m1/s1. The summed E-state index contributed by atoms with van der Waals surface area (Å²) in [6.07, 6.45) is 3.69. The average molecular weight is 245 g/mol. The maximum atomic E-state index is 11.0. The molecule has 0 saturated heterocycles. The van der Waals surface area contributed by atoms with Crippen LogP contribution < -0.4 is 5.73 Å². The molecule has 1 aromatic carbocycles. The van der Waals surface area contributed by atoms with Crippen LogP contribution in [0.2, 0.25) is 0 Å². The number of nitrogens with zero attached hydrogens (tertiary/aromatic N) is 1. The van der Waals surface area contributed by atoms with E-state index in [4.69, 9.17) is 10.8 Å². The van der Waals surface area contributed by atoms with E-state index in [9.17, 15) is 4.79 Å². The summed E-state index contributed by atoms with van der Waals surface area (Å²) < 4.78 is 0. The van der Waals surface area contributed by atoms with Crippen molar-refractivity contribution in [1.29, 1.82) is 0 Å². The van der Waals surface area contributed by atoms with Gasteiger partial charge in [0.1, 0.15) is 11.4 Å². The first-order valence-corrected chi connectivity index (χ1v) is 5.60. The number of carbonyl (C=O) groups is 1. The molecule has 0 amide bonds. The summed E-state index contributed by atoms with van der Waals surface area (Å²) in [5, 5.41) is 9.01. The summed E-state index contributed by atoms with van der Waals surface area (Å²) in [4.78, 5) is 18.2. The van der Waals surface area contributed by atoms with Crippen molar-refractivity contribution in [2.45, 2.75) is 18.9 Å². The molecular formula is C13H15N3O2. The molecule has 1 heterocycles. The van der Waals surface area contributed by atoms with Crippen molar-refractivity contribution in [2.24, 2.45) is 5.73 Å². The van der Waals surface area contributed by atoms with E-state index in [1.165, 1.54) is 6.92 Å². The molecule has 18 heavy (non-hydrogen) atoms. The van der Waals surface area contributed by atoms with Gasteiger partial charge in [-0.05, 0) is 18.6 Å². The molecule has 2 aromatic rings. The van der Waals surface area contributed by atoms with Crippen LogP contribution >= 0.6 is 0 Å². The van der Waals surface area contributed by atoms with Gasteiger partial charge in [-0.25, -0.2) is 4.98 Å². The molecule has 1 aromatic heterocycles. The molecule has 0 aliphatic rings. The number of carboxylic acids is 1. The number of hydrogen-bond acceptors (Lipinski definition) is 3. The molecule has 2 rings (SSSR count). The summed E-state index contributed by atoms with van der Waals surface area (Å²) in [7, 11) is 0. The summed E-state index contributed by atoms with van der Waals surface area (Å²) in [5.41, 5.74) is 6.26. The molecule has 5 heteroatoms. The second kappa shape index (κ2) is 4.62. The van der Waals surface area contributed by atoms with Crippen molar-refractivity contribution in [2.75, 3.05) is 0 Å². The molecule has 0 aliphatic heterocycles. The summed E-state index contributed by atoms with van der Waals surface area (Å²) >= 11 is 0. The SMILES string of the molecule is C[C@@](N)(Cc1cccc(-c2ncc[nH]2)c1)C(=O)O. The fourth-order valence-corrected chi connectivity index (χ4v) is 1.75. The normalized spacial score (nSPS) is 14.1. The smallest absolute Gasteiger partial charge is 0.323 e. The molecule has 0 bridgehead atoms. The fraction of sp³-hybridized carbons (Fsp3) is 0.231. The van der Waals surface area contributed by atoms with Gasteiger partial charge in [0.05, 0.1) is 0 Å². The van der Waals surface area contributed by atoms with Crippen molar-refractivity contribution in [3.05, 3.63) is 42.2 Å². The van der Waals surface area contributed by atoms with Crippen LogP contribution in [0, 0.1) is 0 Å². The predicted octanol–water partition coefficient (Wildman–Crippen LogP) is 1.42. The number of aliphatic carboxylic acids is 1. The highest BCUT2D eigenvalue weighted by molar-refractivity contribution is 5.78. The van der Waals surface area contributed by atoms with Gasteiger partial charge in [-0.1, -0.05) is 18.2 Å². The third-order valence-electron chi connectivity index (χ3n) is 2.76. The van der Waals surface area contributed by atoms with Crippen LogP contribution in [-0.2, 0) is 11.2 Å². The number of H-pyrrole nitrogens is 1. The van der Waals surface area contributed by atoms with Gasteiger partial charge in [0.2, 0.25) is 0 Å². The summed E-state index contributed by atoms with van der Waals surface area (Å²) in [6.45, 7) is 1.51. The van der Waals surface area contributed by atoms with E-state index in [-0.39, 0.29) is 6.42 Å². The van der Waals surface area contributed by atoms with Crippen molar-refractivity contribution < 1.29 is 9.90 Å². The summed E-state index contributed by atoms with van der Waals surface area (Å²) in [6, 6.07) is 7.54. The van der Waals surface area contributed by atoms with Gasteiger partial charge in [0, 0.05) is 24.4 Å². The van der Waals surface area contributed by atoms with Crippen LogP contribution in [-0.4, -0.2) is 26.6 Å². The molecule has 0 spiro atoms. The van der Waals surface area contributed by atoms with Crippen LogP contribution in [0.3, 0.4) is 0 Å². The molecule has 0 saturated carbocycles. The summed E-state index contributed by atoms with van der Waals surface area (Å²) in [5.74, 6) is -0.253. The van der Waals surface area contributed by atoms with E-state index >= 15 is 0 Å². The Morgan fingerprint density at radius 2 is 2.33 bits per heavy atom. The predicted molar refractivity (Wildman–Crippen MR) is 68.0 cm³/mol. The van der Waals surface area contributed by atoms with Gasteiger partial charge in [0.25, 0.3) is 0 Å². The first-order chi connectivity index (χ1) is 8.49. The lowest BCUT2D eigenvalue weighted by Gasteiger charge is -2.19. The Balaban J connectivity index is 2.26. The topological polar surface area (TPSA) is 92.0 Å². The zero-order valence-electron chi connectivity index (χ0n) is 10.1. The van der Waals surface area contributed by atoms with Crippen LogP contribution in [0.15, 0.2) is 36.7 Å². The third-order valence-corrected chi connectivity index (χ3v) is 2.76. The van der Waals surface area contributed by atoms with Gasteiger partial charge < -0.3 is 15.8 Å². The number of imidazole rings is 1. The second-order valence-electron chi connectivity index (χ2n) is 4.54. The number of carboxylic acid groups (broad SMARTS) is 1. The lowest BCUT2D eigenvalue weighted by Crippen LogP contribution is -2.46. The van der Waals surface area contributed by atoms with E-state index in [0.717, 1.165) is 17.0 Å². The quantitative estimate of drug-likeness (QED) is 0.759. The van der Waals surface area contributed by atoms with Crippen molar-refractivity contribution in [1.82, 2.24) is 9.97 Å². The number of rotatable bonds is 4. The van der Waals surface area contributed by atoms with Crippen molar-refractivity contribution in [3.63, 3.8) is 0 Å². The first-order valence-electron chi connectivity index (χ1n) is 5.60. The minimum absolute atomic E-state index is 0.275. The van der Waals surface area contributed by atoms with Gasteiger partial charge >= 0.3 is 5.97 Å². The lowest BCUT2D eigenvalue weighted by molar-refractivity contribution is -0.142. The highest BCUT2D eigenvalue weighted by atomic mass is 16.4. The highest BCUT2D eigenvalue weighted by Gasteiger charge is 2.28. The molecule has 0 unspecified atom stereocenters. The Kier molecular flexibility index (Phi) is 3.16. The molecule has 1 atom stereocenters. The van der Waals surface area contributed by atoms with E-state index < -0.39 is 11.5 Å². The van der Waals surface area contributed by atoms with Gasteiger partial charge in [-0.2, -0.15) is 0 Å². The van der Waals surface area contributed by atoms with Crippen molar-refractivity contribution >= 4 is 5.97 Å².